The first-order valence-corrected chi connectivity index (χ1v) is 11.4. The SMILES string of the molecule is COc1ccc2c(cc(-c3ccccc3)c3c4ccccc4cc(-c4ccccc4)c23)c1OC. The van der Waals surface area contributed by atoms with Crippen LogP contribution in [-0.2, 0) is 0 Å². The summed E-state index contributed by atoms with van der Waals surface area (Å²) >= 11 is 0. The Morgan fingerprint density at radius 1 is 0.471 bits per heavy atom. The summed E-state index contributed by atoms with van der Waals surface area (Å²) < 4.78 is 11.6. The third-order valence-electron chi connectivity index (χ3n) is 6.63. The molecule has 0 unspecified atom stereocenters. The van der Waals surface area contributed by atoms with Crippen molar-refractivity contribution in [3.63, 3.8) is 0 Å². The molecule has 0 amide bonds. The van der Waals surface area contributed by atoms with Gasteiger partial charge in [-0.3, -0.25) is 0 Å². The monoisotopic (exact) mass is 440 g/mol. The normalized spacial score (nSPS) is 11.2. The molecular weight excluding hydrogens is 416 g/mol. The van der Waals surface area contributed by atoms with Crippen LogP contribution >= 0.6 is 0 Å². The second-order valence-corrected chi connectivity index (χ2v) is 8.45. The second-order valence-electron chi connectivity index (χ2n) is 8.45. The summed E-state index contributed by atoms with van der Waals surface area (Å²) in [5.41, 5.74) is 4.77. The van der Waals surface area contributed by atoms with E-state index >= 15 is 0 Å². The van der Waals surface area contributed by atoms with Crippen molar-refractivity contribution in [1.29, 1.82) is 0 Å². The maximum Gasteiger partial charge on any atom is 0.168 e. The Balaban J connectivity index is 1.93. The van der Waals surface area contributed by atoms with Gasteiger partial charge in [-0.05, 0) is 73.5 Å². The van der Waals surface area contributed by atoms with Crippen molar-refractivity contribution in [2.75, 3.05) is 14.2 Å². The minimum atomic E-state index is 0.732. The Morgan fingerprint density at radius 2 is 1.06 bits per heavy atom. The van der Waals surface area contributed by atoms with E-state index < -0.39 is 0 Å². The summed E-state index contributed by atoms with van der Waals surface area (Å²) in [7, 11) is 3.40. The molecule has 0 aromatic heterocycles. The zero-order valence-electron chi connectivity index (χ0n) is 19.2. The molecule has 0 aliphatic carbocycles. The number of rotatable bonds is 4. The minimum Gasteiger partial charge on any atom is -0.493 e. The Kier molecular flexibility index (Phi) is 4.92. The average Bonchev–Trinajstić information content (AvgIpc) is 2.92. The topological polar surface area (TPSA) is 18.5 Å². The highest BCUT2D eigenvalue weighted by Crippen LogP contribution is 2.47. The predicted molar refractivity (Wildman–Crippen MR) is 143 cm³/mol. The molecule has 0 atom stereocenters. The summed E-state index contributed by atoms with van der Waals surface area (Å²) in [4.78, 5) is 0. The molecule has 6 aromatic rings. The Labute approximate surface area is 199 Å². The average molecular weight is 441 g/mol. The Hall–Kier alpha value is -4.30. The quantitative estimate of drug-likeness (QED) is 0.256. The molecular formula is C32H24O2. The van der Waals surface area contributed by atoms with E-state index in [1.54, 1.807) is 14.2 Å². The molecule has 0 radical (unpaired) electrons. The van der Waals surface area contributed by atoms with Crippen LogP contribution in [0.4, 0.5) is 0 Å². The van der Waals surface area contributed by atoms with Gasteiger partial charge in [-0.25, -0.2) is 0 Å². The van der Waals surface area contributed by atoms with Gasteiger partial charge < -0.3 is 9.47 Å². The number of hydrogen-bond acceptors (Lipinski definition) is 2. The Bertz CT molecular complexity index is 1650. The second kappa shape index (κ2) is 8.24. The molecule has 0 saturated carbocycles. The standard InChI is InChI=1S/C32H24O2/c1-33-29-18-17-25-28(32(29)34-2)20-27(22-13-7-4-8-14-22)30-24-16-10-9-15-23(24)19-26(31(25)30)21-11-5-3-6-12-21/h3-20H,1-2H3. The van der Waals surface area contributed by atoms with Crippen LogP contribution in [0.1, 0.15) is 0 Å². The zero-order chi connectivity index (χ0) is 23.1. The van der Waals surface area contributed by atoms with Crippen LogP contribution in [0.2, 0.25) is 0 Å². The van der Waals surface area contributed by atoms with Crippen molar-refractivity contribution in [1.82, 2.24) is 0 Å². The Morgan fingerprint density at radius 3 is 1.71 bits per heavy atom. The lowest BCUT2D eigenvalue weighted by Gasteiger charge is -2.20. The van der Waals surface area contributed by atoms with Gasteiger partial charge in [0.05, 0.1) is 14.2 Å². The molecule has 0 spiro atoms. The summed E-state index contributed by atoms with van der Waals surface area (Å²) in [5, 5.41) is 7.14. The lowest BCUT2D eigenvalue weighted by molar-refractivity contribution is 0.358. The van der Waals surface area contributed by atoms with Crippen LogP contribution < -0.4 is 9.47 Å². The van der Waals surface area contributed by atoms with Crippen molar-refractivity contribution >= 4 is 32.3 Å². The largest absolute Gasteiger partial charge is 0.493 e. The van der Waals surface area contributed by atoms with Gasteiger partial charge in [-0.15, -0.1) is 0 Å². The van der Waals surface area contributed by atoms with E-state index in [0.717, 1.165) is 22.3 Å². The number of hydrogen-bond donors (Lipinski definition) is 0. The third-order valence-corrected chi connectivity index (χ3v) is 6.63. The first kappa shape index (κ1) is 20.3. The zero-order valence-corrected chi connectivity index (χ0v) is 19.2. The predicted octanol–water partition coefficient (Wildman–Crippen LogP) is 8.50. The highest BCUT2D eigenvalue weighted by molar-refractivity contribution is 6.28. The summed E-state index contributed by atoms with van der Waals surface area (Å²) in [6.45, 7) is 0. The lowest BCUT2D eigenvalue weighted by Crippen LogP contribution is -1.95. The van der Waals surface area contributed by atoms with E-state index in [0.29, 0.717) is 0 Å². The maximum absolute atomic E-state index is 5.90. The van der Waals surface area contributed by atoms with E-state index in [9.17, 15) is 0 Å². The van der Waals surface area contributed by atoms with Crippen LogP contribution in [0.3, 0.4) is 0 Å². The van der Waals surface area contributed by atoms with Gasteiger partial charge in [-0.1, -0.05) is 84.9 Å². The van der Waals surface area contributed by atoms with E-state index in [4.69, 9.17) is 9.47 Å². The van der Waals surface area contributed by atoms with Crippen LogP contribution in [0.5, 0.6) is 11.5 Å². The molecule has 2 heteroatoms. The van der Waals surface area contributed by atoms with Gasteiger partial charge in [0, 0.05) is 5.39 Å². The van der Waals surface area contributed by atoms with Gasteiger partial charge in [0.2, 0.25) is 0 Å². The minimum absolute atomic E-state index is 0.732. The smallest absolute Gasteiger partial charge is 0.168 e. The van der Waals surface area contributed by atoms with Crippen LogP contribution in [-0.4, -0.2) is 14.2 Å². The van der Waals surface area contributed by atoms with Crippen molar-refractivity contribution < 1.29 is 9.47 Å². The molecule has 0 N–H and O–H groups in total. The first-order chi connectivity index (χ1) is 16.8. The van der Waals surface area contributed by atoms with Crippen LogP contribution in [0, 0.1) is 0 Å². The molecule has 0 heterocycles. The molecule has 0 fully saturated rings. The summed E-state index contributed by atoms with van der Waals surface area (Å²) in [6, 6.07) is 38.7. The van der Waals surface area contributed by atoms with Gasteiger partial charge >= 0.3 is 0 Å². The van der Waals surface area contributed by atoms with Crippen molar-refractivity contribution in [2.45, 2.75) is 0 Å². The summed E-state index contributed by atoms with van der Waals surface area (Å²) in [6.07, 6.45) is 0. The first-order valence-electron chi connectivity index (χ1n) is 11.4. The molecule has 0 aliphatic heterocycles. The highest BCUT2D eigenvalue weighted by atomic mass is 16.5. The number of methoxy groups -OCH3 is 2. The molecule has 0 bridgehead atoms. The van der Waals surface area contributed by atoms with Crippen molar-refractivity contribution in [3.8, 4) is 33.8 Å². The summed E-state index contributed by atoms with van der Waals surface area (Å²) in [5.74, 6) is 1.49. The molecule has 6 rings (SSSR count). The van der Waals surface area contributed by atoms with Gasteiger partial charge in [0.25, 0.3) is 0 Å². The van der Waals surface area contributed by atoms with E-state index in [1.807, 2.05) is 6.07 Å². The molecule has 6 aromatic carbocycles. The van der Waals surface area contributed by atoms with E-state index in [1.165, 1.54) is 43.8 Å². The third kappa shape index (κ3) is 3.11. The number of benzene rings is 6. The fourth-order valence-electron chi connectivity index (χ4n) is 5.13. The van der Waals surface area contributed by atoms with E-state index in [-0.39, 0.29) is 0 Å². The van der Waals surface area contributed by atoms with Crippen LogP contribution in [0.15, 0.2) is 109 Å². The van der Waals surface area contributed by atoms with Crippen molar-refractivity contribution in [3.05, 3.63) is 109 Å². The molecule has 164 valence electrons. The number of fused-ring (bicyclic) bond motifs is 5. The van der Waals surface area contributed by atoms with Gasteiger partial charge in [-0.2, -0.15) is 0 Å². The molecule has 0 aliphatic rings. The van der Waals surface area contributed by atoms with Crippen LogP contribution in [0.25, 0.3) is 54.6 Å². The number of ether oxygens (including phenoxy) is 2. The molecule has 0 saturated heterocycles. The maximum atomic E-state index is 5.90. The molecule has 2 nitrogen and oxygen atoms in total. The highest BCUT2D eigenvalue weighted by Gasteiger charge is 2.19. The fourth-order valence-corrected chi connectivity index (χ4v) is 5.13. The fraction of sp³-hybridized carbons (Fsp3) is 0.0625. The van der Waals surface area contributed by atoms with E-state index in [2.05, 4.69) is 103 Å². The molecule has 34 heavy (non-hydrogen) atoms. The van der Waals surface area contributed by atoms with Gasteiger partial charge in [0.1, 0.15) is 0 Å². The van der Waals surface area contributed by atoms with Crippen molar-refractivity contribution in [2.24, 2.45) is 0 Å². The lowest BCUT2D eigenvalue weighted by atomic mass is 9.85. The van der Waals surface area contributed by atoms with Gasteiger partial charge in [0.15, 0.2) is 11.5 Å².